The van der Waals surface area contributed by atoms with Crippen LogP contribution in [0.4, 0.5) is 11.6 Å². The van der Waals surface area contributed by atoms with Crippen LogP contribution >= 0.6 is 0 Å². The van der Waals surface area contributed by atoms with Gasteiger partial charge in [-0.05, 0) is 36.8 Å². The normalized spacial score (nSPS) is 10.2. The van der Waals surface area contributed by atoms with E-state index < -0.39 is 0 Å². The number of ether oxygens (including phenoxy) is 1. The number of rotatable bonds is 7. The minimum Gasteiger partial charge on any atom is -0.484 e. The molecule has 0 saturated heterocycles. The second kappa shape index (κ2) is 8.62. The van der Waals surface area contributed by atoms with Crippen LogP contribution in [-0.2, 0) is 11.3 Å². The lowest BCUT2D eigenvalue weighted by atomic mass is 10.1. The van der Waals surface area contributed by atoms with Gasteiger partial charge in [0.05, 0.1) is 0 Å². The van der Waals surface area contributed by atoms with E-state index in [-0.39, 0.29) is 12.5 Å². The molecule has 6 heteroatoms. The summed E-state index contributed by atoms with van der Waals surface area (Å²) in [6, 6.07) is 20.9. The number of carbonyl (C=O) groups is 1. The van der Waals surface area contributed by atoms with Crippen molar-refractivity contribution in [3.05, 3.63) is 77.9 Å². The van der Waals surface area contributed by atoms with Gasteiger partial charge in [0.15, 0.2) is 12.4 Å². The van der Waals surface area contributed by atoms with Crippen molar-refractivity contribution in [3.8, 4) is 5.75 Å². The highest BCUT2D eigenvalue weighted by atomic mass is 16.5. The molecule has 1 amide bonds. The first-order chi connectivity index (χ1) is 12.7. The number of anilines is 2. The number of nitrogens with zero attached hydrogens (tertiary/aromatic N) is 2. The third-order valence-electron chi connectivity index (χ3n) is 3.60. The summed E-state index contributed by atoms with van der Waals surface area (Å²) in [6.07, 6.45) is 0. The first kappa shape index (κ1) is 17.4. The maximum Gasteiger partial charge on any atom is 0.263 e. The van der Waals surface area contributed by atoms with Crippen molar-refractivity contribution >= 4 is 17.5 Å². The van der Waals surface area contributed by atoms with Gasteiger partial charge in [-0.3, -0.25) is 4.79 Å². The van der Waals surface area contributed by atoms with Crippen LogP contribution in [-0.4, -0.2) is 22.7 Å². The molecule has 3 aromatic rings. The standard InChI is InChI=1S/C20H20N4O2/c1-15-6-5-7-16(12-15)13-21-18-10-11-19(24-23-18)22-20(25)14-26-17-8-3-2-4-9-17/h2-12H,13-14H2,1H3,(H,21,23)(H,22,24,25). The van der Waals surface area contributed by atoms with Crippen LogP contribution in [0.25, 0.3) is 0 Å². The van der Waals surface area contributed by atoms with E-state index in [0.29, 0.717) is 23.9 Å². The van der Waals surface area contributed by atoms with Gasteiger partial charge in [-0.25, -0.2) is 0 Å². The monoisotopic (exact) mass is 348 g/mol. The molecule has 0 spiro atoms. The molecule has 2 N–H and O–H groups in total. The lowest BCUT2D eigenvalue weighted by Crippen LogP contribution is -2.21. The molecule has 2 aromatic carbocycles. The molecular formula is C20H20N4O2. The van der Waals surface area contributed by atoms with Crippen LogP contribution in [0, 0.1) is 6.92 Å². The Morgan fingerprint density at radius 2 is 1.73 bits per heavy atom. The zero-order chi connectivity index (χ0) is 18.2. The van der Waals surface area contributed by atoms with E-state index >= 15 is 0 Å². The molecule has 0 aliphatic rings. The van der Waals surface area contributed by atoms with Crippen LogP contribution in [0.2, 0.25) is 0 Å². The summed E-state index contributed by atoms with van der Waals surface area (Å²) in [4.78, 5) is 11.9. The van der Waals surface area contributed by atoms with Crippen molar-refractivity contribution in [2.45, 2.75) is 13.5 Å². The summed E-state index contributed by atoms with van der Waals surface area (Å²) in [7, 11) is 0. The lowest BCUT2D eigenvalue weighted by Gasteiger charge is -2.08. The average molecular weight is 348 g/mol. The van der Waals surface area contributed by atoms with E-state index in [9.17, 15) is 4.79 Å². The number of benzene rings is 2. The van der Waals surface area contributed by atoms with Crippen LogP contribution < -0.4 is 15.4 Å². The molecule has 0 bridgehead atoms. The van der Waals surface area contributed by atoms with Crippen LogP contribution in [0.3, 0.4) is 0 Å². The molecule has 132 valence electrons. The molecular weight excluding hydrogens is 328 g/mol. The number of carbonyl (C=O) groups excluding carboxylic acids is 1. The van der Waals surface area contributed by atoms with Crippen molar-refractivity contribution in [1.82, 2.24) is 10.2 Å². The van der Waals surface area contributed by atoms with E-state index in [2.05, 4.69) is 46.0 Å². The fourth-order valence-electron chi connectivity index (χ4n) is 2.35. The smallest absolute Gasteiger partial charge is 0.263 e. The Morgan fingerprint density at radius 3 is 2.46 bits per heavy atom. The molecule has 1 heterocycles. The van der Waals surface area contributed by atoms with E-state index in [1.165, 1.54) is 11.1 Å². The number of hydrogen-bond acceptors (Lipinski definition) is 5. The van der Waals surface area contributed by atoms with Crippen molar-refractivity contribution in [2.75, 3.05) is 17.2 Å². The van der Waals surface area contributed by atoms with Crippen molar-refractivity contribution < 1.29 is 9.53 Å². The SMILES string of the molecule is Cc1cccc(CNc2ccc(NC(=O)COc3ccccc3)nn2)c1. The van der Waals surface area contributed by atoms with E-state index in [1.54, 1.807) is 24.3 Å². The number of aromatic nitrogens is 2. The number of nitrogens with one attached hydrogen (secondary N) is 2. The molecule has 1 aromatic heterocycles. The van der Waals surface area contributed by atoms with Gasteiger partial charge in [-0.2, -0.15) is 0 Å². The summed E-state index contributed by atoms with van der Waals surface area (Å²) >= 11 is 0. The molecule has 0 aliphatic heterocycles. The maximum atomic E-state index is 11.9. The second-order valence-corrected chi connectivity index (χ2v) is 5.80. The molecule has 6 nitrogen and oxygen atoms in total. The molecule has 0 aliphatic carbocycles. The van der Waals surface area contributed by atoms with Gasteiger partial charge >= 0.3 is 0 Å². The predicted molar refractivity (Wildman–Crippen MR) is 101 cm³/mol. The Morgan fingerprint density at radius 1 is 0.962 bits per heavy atom. The zero-order valence-corrected chi connectivity index (χ0v) is 14.5. The largest absolute Gasteiger partial charge is 0.484 e. The number of hydrogen-bond donors (Lipinski definition) is 2. The Bertz CT molecular complexity index is 851. The Hall–Kier alpha value is -3.41. The first-order valence-electron chi connectivity index (χ1n) is 8.30. The molecule has 0 radical (unpaired) electrons. The van der Waals surface area contributed by atoms with Gasteiger partial charge < -0.3 is 15.4 Å². The van der Waals surface area contributed by atoms with Crippen molar-refractivity contribution in [2.24, 2.45) is 0 Å². The summed E-state index contributed by atoms with van der Waals surface area (Å²) < 4.78 is 5.39. The number of aryl methyl sites for hydroxylation is 1. The predicted octanol–water partition coefficient (Wildman–Crippen LogP) is 3.41. The van der Waals surface area contributed by atoms with E-state index in [0.717, 1.165) is 0 Å². The minimum absolute atomic E-state index is 0.0843. The second-order valence-electron chi connectivity index (χ2n) is 5.80. The van der Waals surface area contributed by atoms with E-state index in [4.69, 9.17) is 4.74 Å². The average Bonchev–Trinajstić information content (AvgIpc) is 2.67. The molecule has 0 unspecified atom stereocenters. The van der Waals surface area contributed by atoms with Crippen LogP contribution in [0.1, 0.15) is 11.1 Å². The Balaban J connectivity index is 1.47. The maximum absolute atomic E-state index is 11.9. The van der Waals surface area contributed by atoms with Crippen LogP contribution in [0.5, 0.6) is 5.75 Å². The molecule has 0 fully saturated rings. The van der Waals surface area contributed by atoms with Gasteiger partial charge in [0, 0.05) is 6.54 Å². The summed E-state index contributed by atoms with van der Waals surface area (Å²) in [5, 5.41) is 13.9. The van der Waals surface area contributed by atoms with Gasteiger partial charge in [0.25, 0.3) is 5.91 Å². The zero-order valence-electron chi connectivity index (χ0n) is 14.5. The van der Waals surface area contributed by atoms with E-state index in [1.807, 2.05) is 24.3 Å². The van der Waals surface area contributed by atoms with Gasteiger partial charge in [0.1, 0.15) is 11.6 Å². The highest BCUT2D eigenvalue weighted by Gasteiger charge is 2.05. The van der Waals surface area contributed by atoms with Crippen molar-refractivity contribution in [3.63, 3.8) is 0 Å². The summed E-state index contributed by atoms with van der Waals surface area (Å²) in [6.45, 7) is 2.63. The molecule has 3 rings (SSSR count). The van der Waals surface area contributed by atoms with Gasteiger partial charge in [0.2, 0.25) is 0 Å². The topological polar surface area (TPSA) is 76.1 Å². The summed E-state index contributed by atoms with van der Waals surface area (Å²) in [5.74, 6) is 1.38. The van der Waals surface area contributed by atoms with Crippen molar-refractivity contribution in [1.29, 1.82) is 0 Å². The quantitative estimate of drug-likeness (QED) is 0.684. The molecule has 26 heavy (non-hydrogen) atoms. The summed E-state index contributed by atoms with van der Waals surface area (Å²) in [5.41, 5.74) is 2.38. The van der Waals surface area contributed by atoms with Crippen LogP contribution in [0.15, 0.2) is 66.7 Å². The highest BCUT2D eigenvalue weighted by Crippen LogP contribution is 2.11. The molecule has 0 atom stereocenters. The number of amides is 1. The lowest BCUT2D eigenvalue weighted by molar-refractivity contribution is -0.118. The fraction of sp³-hybridized carbons (Fsp3) is 0.150. The Kier molecular flexibility index (Phi) is 5.77. The van der Waals surface area contributed by atoms with Gasteiger partial charge in [-0.15, -0.1) is 10.2 Å². The minimum atomic E-state index is -0.288. The molecule has 0 saturated carbocycles. The number of para-hydroxylation sites is 1. The first-order valence-corrected chi connectivity index (χ1v) is 8.30. The highest BCUT2D eigenvalue weighted by molar-refractivity contribution is 5.90. The third kappa shape index (κ3) is 5.31. The fourth-order valence-corrected chi connectivity index (χ4v) is 2.35. The third-order valence-corrected chi connectivity index (χ3v) is 3.60. The van der Waals surface area contributed by atoms with Gasteiger partial charge in [-0.1, -0.05) is 48.0 Å². The Labute approximate surface area is 152 Å².